The number of hydrogen-bond acceptors (Lipinski definition) is 5. The van der Waals surface area contributed by atoms with Gasteiger partial charge in [-0.2, -0.15) is 0 Å². The maximum Gasteiger partial charge on any atom is 0.241 e. The number of rotatable bonds is 8. The van der Waals surface area contributed by atoms with Gasteiger partial charge in [0.05, 0.1) is 11.9 Å². The molecule has 7 nitrogen and oxygen atoms in total. The number of halogens is 1. The van der Waals surface area contributed by atoms with Crippen LogP contribution in [-0.2, 0) is 21.4 Å². The van der Waals surface area contributed by atoms with Gasteiger partial charge < -0.3 is 15.0 Å². The molecule has 0 unspecified atom stereocenters. The molecule has 31 heavy (non-hydrogen) atoms. The van der Waals surface area contributed by atoms with Crippen molar-refractivity contribution in [1.82, 2.24) is 10.2 Å². The summed E-state index contributed by atoms with van der Waals surface area (Å²) in [6.45, 7) is 1.76. The summed E-state index contributed by atoms with van der Waals surface area (Å²) in [6.07, 6.45) is 3.14. The first-order valence-electron chi connectivity index (χ1n) is 10.2. The molecule has 1 amide bonds. The number of carbonyl (C=O) groups excluding carboxylic acids is 1. The van der Waals surface area contributed by atoms with Gasteiger partial charge in [0.2, 0.25) is 15.9 Å². The van der Waals surface area contributed by atoms with Crippen molar-refractivity contribution in [2.45, 2.75) is 25.5 Å². The standard InChI is InChI=1S/C22H28FN3O4S/c1-25-13-11-19(12-14-25)30-18-9-7-17(8-10-18)15-24-22(27)16-26(31(2,28)29)21-6-4-3-5-20(21)23/h3-10,19H,11-16H2,1-2H3,(H,24,27). The molecular weight excluding hydrogens is 421 g/mol. The molecule has 1 aliphatic rings. The molecule has 2 aromatic carbocycles. The van der Waals surface area contributed by atoms with Crippen molar-refractivity contribution in [2.24, 2.45) is 0 Å². The second-order valence-electron chi connectivity index (χ2n) is 7.76. The molecule has 1 N–H and O–H groups in total. The Labute approximate surface area is 182 Å². The normalized spacial score (nSPS) is 15.5. The van der Waals surface area contributed by atoms with Crippen LogP contribution < -0.4 is 14.4 Å². The van der Waals surface area contributed by atoms with Crippen LogP contribution in [0.3, 0.4) is 0 Å². The van der Waals surface area contributed by atoms with Gasteiger partial charge in [0.25, 0.3) is 0 Å². The van der Waals surface area contributed by atoms with E-state index in [0.717, 1.165) is 53.9 Å². The topological polar surface area (TPSA) is 79.0 Å². The zero-order valence-corrected chi connectivity index (χ0v) is 18.6. The van der Waals surface area contributed by atoms with Crippen LogP contribution in [0, 0.1) is 5.82 Å². The lowest BCUT2D eigenvalue weighted by Crippen LogP contribution is -2.40. The number of amides is 1. The first-order valence-corrected chi connectivity index (χ1v) is 12.0. The monoisotopic (exact) mass is 449 g/mol. The van der Waals surface area contributed by atoms with E-state index in [1.165, 1.54) is 18.2 Å². The molecule has 0 aliphatic carbocycles. The average Bonchev–Trinajstić information content (AvgIpc) is 2.73. The summed E-state index contributed by atoms with van der Waals surface area (Å²) in [5, 5.41) is 2.68. The summed E-state index contributed by atoms with van der Waals surface area (Å²) in [6, 6.07) is 12.9. The van der Waals surface area contributed by atoms with Crippen molar-refractivity contribution in [3.05, 3.63) is 59.9 Å². The van der Waals surface area contributed by atoms with Crippen LogP contribution in [0.4, 0.5) is 10.1 Å². The van der Waals surface area contributed by atoms with Crippen molar-refractivity contribution in [2.75, 3.05) is 37.2 Å². The number of hydrogen-bond donors (Lipinski definition) is 1. The van der Waals surface area contributed by atoms with Crippen LogP contribution in [0.25, 0.3) is 0 Å². The van der Waals surface area contributed by atoms with Gasteiger partial charge in [0, 0.05) is 19.6 Å². The first-order chi connectivity index (χ1) is 14.7. The molecule has 168 valence electrons. The maximum atomic E-state index is 14.0. The van der Waals surface area contributed by atoms with Gasteiger partial charge in [-0.15, -0.1) is 0 Å². The minimum Gasteiger partial charge on any atom is -0.490 e. The molecule has 0 atom stereocenters. The molecule has 0 spiro atoms. The molecule has 0 saturated carbocycles. The van der Waals surface area contributed by atoms with Crippen LogP contribution in [0.1, 0.15) is 18.4 Å². The summed E-state index contributed by atoms with van der Waals surface area (Å²) in [7, 11) is -1.73. The minimum absolute atomic E-state index is 0.157. The maximum absolute atomic E-state index is 14.0. The van der Waals surface area contributed by atoms with Crippen molar-refractivity contribution in [3.8, 4) is 5.75 Å². The summed E-state index contributed by atoms with van der Waals surface area (Å²) < 4.78 is 45.0. The van der Waals surface area contributed by atoms with Gasteiger partial charge in [-0.05, 0) is 49.7 Å². The van der Waals surface area contributed by atoms with Gasteiger partial charge in [-0.25, -0.2) is 12.8 Å². The molecule has 1 saturated heterocycles. The van der Waals surface area contributed by atoms with E-state index in [4.69, 9.17) is 4.74 Å². The number of sulfonamides is 1. The number of benzene rings is 2. The molecule has 1 heterocycles. The highest BCUT2D eigenvalue weighted by atomic mass is 32.2. The largest absolute Gasteiger partial charge is 0.490 e. The highest BCUT2D eigenvalue weighted by molar-refractivity contribution is 7.92. The molecule has 9 heteroatoms. The number of nitrogens with one attached hydrogen (secondary N) is 1. The smallest absolute Gasteiger partial charge is 0.241 e. The first kappa shape index (κ1) is 23.0. The Morgan fingerprint density at radius 3 is 2.42 bits per heavy atom. The highest BCUT2D eigenvalue weighted by Gasteiger charge is 2.23. The van der Waals surface area contributed by atoms with E-state index in [2.05, 4.69) is 17.3 Å². The van der Waals surface area contributed by atoms with Crippen molar-refractivity contribution < 1.29 is 22.3 Å². The lowest BCUT2D eigenvalue weighted by molar-refractivity contribution is -0.119. The summed E-state index contributed by atoms with van der Waals surface area (Å²) in [5.41, 5.74) is 0.691. The van der Waals surface area contributed by atoms with E-state index in [-0.39, 0.29) is 18.3 Å². The third-order valence-corrected chi connectivity index (χ3v) is 6.32. The van der Waals surface area contributed by atoms with E-state index in [1.807, 2.05) is 24.3 Å². The Hall–Kier alpha value is -2.65. The fraction of sp³-hybridized carbons (Fsp3) is 0.409. The van der Waals surface area contributed by atoms with Crippen LogP contribution in [0.5, 0.6) is 5.75 Å². The Bertz CT molecular complexity index is 990. The third kappa shape index (κ3) is 6.67. The molecular formula is C22H28FN3O4S. The lowest BCUT2D eigenvalue weighted by atomic mass is 10.1. The predicted octanol–water partition coefficient (Wildman–Crippen LogP) is 2.38. The molecule has 3 rings (SSSR count). The van der Waals surface area contributed by atoms with Crippen LogP contribution in [0.15, 0.2) is 48.5 Å². The number of anilines is 1. The van der Waals surface area contributed by atoms with Gasteiger partial charge >= 0.3 is 0 Å². The Morgan fingerprint density at radius 1 is 1.16 bits per heavy atom. The minimum atomic E-state index is -3.83. The lowest BCUT2D eigenvalue weighted by Gasteiger charge is -2.29. The third-order valence-electron chi connectivity index (χ3n) is 5.19. The van der Waals surface area contributed by atoms with Crippen LogP contribution in [0.2, 0.25) is 0 Å². The Kier molecular flexibility index (Phi) is 7.50. The van der Waals surface area contributed by atoms with E-state index >= 15 is 0 Å². The molecule has 2 aromatic rings. The number of carbonyl (C=O) groups is 1. The number of para-hydroxylation sites is 1. The van der Waals surface area contributed by atoms with E-state index < -0.39 is 28.3 Å². The Morgan fingerprint density at radius 2 is 1.81 bits per heavy atom. The summed E-state index contributed by atoms with van der Waals surface area (Å²) in [4.78, 5) is 14.6. The number of nitrogens with zero attached hydrogens (tertiary/aromatic N) is 2. The number of likely N-dealkylation sites (tertiary alicyclic amines) is 1. The second-order valence-corrected chi connectivity index (χ2v) is 9.67. The van der Waals surface area contributed by atoms with Gasteiger partial charge in [-0.1, -0.05) is 24.3 Å². The predicted molar refractivity (Wildman–Crippen MR) is 118 cm³/mol. The van der Waals surface area contributed by atoms with Crippen LogP contribution in [-0.4, -0.2) is 58.3 Å². The Balaban J connectivity index is 1.54. The van der Waals surface area contributed by atoms with Crippen LogP contribution >= 0.6 is 0 Å². The van der Waals surface area contributed by atoms with Gasteiger partial charge in [0.15, 0.2) is 0 Å². The average molecular weight is 450 g/mol. The quantitative estimate of drug-likeness (QED) is 0.670. The fourth-order valence-corrected chi connectivity index (χ4v) is 4.26. The number of ether oxygens (including phenoxy) is 1. The van der Waals surface area contributed by atoms with Gasteiger partial charge in [-0.3, -0.25) is 9.10 Å². The molecule has 0 radical (unpaired) electrons. The summed E-state index contributed by atoms with van der Waals surface area (Å²) in [5.74, 6) is -0.450. The zero-order valence-electron chi connectivity index (χ0n) is 17.8. The molecule has 0 aromatic heterocycles. The molecule has 0 bridgehead atoms. The van der Waals surface area contributed by atoms with E-state index in [1.54, 1.807) is 0 Å². The van der Waals surface area contributed by atoms with E-state index in [0.29, 0.717) is 0 Å². The molecule has 1 aliphatic heterocycles. The van der Waals surface area contributed by atoms with Gasteiger partial charge in [0.1, 0.15) is 24.2 Å². The SMILES string of the molecule is CN1CCC(Oc2ccc(CNC(=O)CN(c3ccccc3F)S(C)(=O)=O)cc2)CC1. The fourth-order valence-electron chi connectivity index (χ4n) is 3.40. The second kappa shape index (κ2) is 10.1. The van der Waals surface area contributed by atoms with Crippen molar-refractivity contribution in [3.63, 3.8) is 0 Å². The highest BCUT2D eigenvalue weighted by Crippen LogP contribution is 2.21. The van der Waals surface area contributed by atoms with Crippen molar-refractivity contribution in [1.29, 1.82) is 0 Å². The zero-order chi connectivity index (χ0) is 22.4. The molecule has 1 fully saturated rings. The van der Waals surface area contributed by atoms with Crippen molar-refractivity contribution >= 4 is 21.6 Å². The number of piperidine rings is 1. The van der Waals surface area contributed by atoms with E-state index in [9.17, 15) is 17.6 Å². The summed E-state index contributed by atoms with van der Waals surface area (Å²) >= 11 is 0.